The molecule has 34 heavy (non-hydrogen) atoms. The van der Waals surface area contributed by atoms with Crippen molar-refractivity contribution in [2.24, 2.45) is 0 Å². The van der Waals surface area contributed by atoms with Crippen LogP contribution in [0.5, 0.6) is 0 Å². The second kappa shape index (κ2) is 9.76. The van der Waals surface area contributed by atoms with Crippen molar-refractivity contribution in [3.05, 3.63) is 99.6 Å². The Balaban J connectivity index is 1.78. The van der Waals surface area contributed by atoms with Crippen molar-refractivity contribution in [2.75, 3.05) is 11.6 Å². The Labute approximate surface area is 212 Å². The highest BCUT2D eigenvalue weighted by Crippen LogP contribution is 2.35. The maximum Gasteiger partial charge on any atom is 0.256 e. The topological polar surface area (TPSA) is 76.1 Å². The lowest BCUT2D eigenvalue weighted by Gasteiger charge is -2.14. The number of pyridine rings is 1. The summed E-state index contributed by atoms with van der Waals surface area (Å²) in [7, 11) is -3.53. The van der Waals surface area contributed by atoms with Crippen LogP contribution in [0.4, 0.5) is 5.69 Å². The normalized spacial score (nSPS) is 11.3. The number of sulfone groups is 1. The average Bonchev–Trinajstić information content (AvgIpc) is 2.81. The van der Waals surface area contributed by atoms with Gasteiger partial charge in [0.25, 0.3) is 5.91 Å². The van der Waals surface area contributed by atoms with Crippen molar-refractivity contribution in [2.45, 2.75) is 4.90 Å². The molecule has 5 nitrogen and oxygen atoms in total. The van der Waals surface area contributed by atoms with E-state index in [1.807, 2.05) is 12.1 Å². The number of amides is 1. The summed E-state index contributed by atoms with van der Waals surface area (Å²) in [5, 5.41) is 4.06. The van der Waals surface area contributed by atoms with E-state index in [0.717, 1.165) is 6.26 Å². The van der Waals surface area contributed by atoms with E-state index in [2.05, 4.69) is 10.3 Å². The molecule has 1 aromatic heterocycles. The third kappa shape index (κ3) is 5.26. The number of anilines is 1. The van der Waals surface area contributed by atoms with E-state index < -0.39 is 15.7 Å². The second-order valence-electron chi connectivity index (χ2n) is 7.47. The number of aromatic nitrogens is 1. The highest BCUT2D eigenvalue weighted by Gasteiger charge is 2.20. The molecule has 0 unspecified atom stereocenters. The second-order valence-corrected chi connectivity index (χ2v) is 10.7. The summed E-state index contributed by atoms with van der Waals surface area (Å²) >= 11 is 18.9. The Hall–Kier alpha value is -2.90. The van der Waals surface area contributed by atoms with Gasteiger partial charge >= 0.3 is 0 Å². The summed E-state index contributed by atoms with van der Waals surface area (Å²) in [5.41, 5.74) is 2.82. The lowest BCUT2D eigenvalue weighted by Crippen LogP contribution is -2.14. The maximum absolute atomic E-state index is 13.3. The van der Waals surface area contributed by atoms with Crippen LogP contribution in [0, 0.1) is 0 Å². The monoisotopic (exact) mass is 530 g/mol. The number of nitrogens with one attached hydrogen (secondary N) is 1. The molecular weight excluding hydrogens is 515 g/mol. The number of halogens is 3. The molecular formula is C25H17Cl3N2O3S. The van der Waals surface area contributed by atoms with E-state index in [9.17, 15) is 13.2 Å². The van der Waals surface area contributed by atoms with Gasteiger partial charge in [0, 0.05) is 44.9 Å². The molecule has 0 spiro atoms. The van der Waals surface area contributed by atoms with Gasteiger partial charge in [0.05, 0.1) is 15.6 Å². The van der Waals surface area contributed by atoms with Crippen molar-refractivity contribution in [1.82, 2.24) is 4.98 Å². The highest BCUT2D eigenvalue weighted by molar-refractivity contribution is 7.90. The molecule has 4 aromatic rings. The van der Waals surface area contributed by atoms with Crippen LogP contribution in [-0.2, 0) is 9.84 Å². The molecule has 1 amide bonds. The first kappa shape index (κ1) is 24.2. The average molecular weight is 532 g/mol. The Morgan fingerprint density at radius 2 is 1.56 bits per heavy atom. The molecule has 0 fully saturated rings. The molecule has 0 saturated heterocycles. The maximum atomic E-state index is 13.3. The van der Waals surface area contributed by atoms with E-state index in [1.165, 1.54) is 18.2 Å². The summed E-state index contributed by atoms with van der Waals surface area (Å²) in [6.07, 6.45) is 2.75. The van der Waals surface area contributed by atoms with Gasteiger partial charge in [0.2, 0.25) is 0 Å². The number of hydrogen-bond acceptors (Lipinski definition) is 4. The smallest absolute Gasteiger partial charge is 0.256 e. The molecule has 0 atom stereocenters. The lowest BCUT2D eigenvalue weighted by atomic mass is 9.99. The van der Waals surface area contributed by atoms with Gasteiger partial charge in [-0.1, -0.05) is 40.9 Å². The molecule has 1 N–H and O–H groups in total. The van der Waals surface area contributed by atoms with Gasteiger partial charge in [-0.05, 0) is 72.3 Å². The minimum atomic E-state index is -3.53. The molecule has 0 bridgehead atoms. The van der Waals surface area contributed by atoms with Crippen LogP contribution in [0.2, 0.25) is 15.1 Å². The van der Waals surface area contributed by atoms with E-state index in [1.54, 1.807) is 48.7 Å². The standard InChI is InChI=1S/C25H17Cl3N2O3S/c1-34(32,33)17-7-8-18(19(14-17)20-12-15(26)5-9-22(20)27)25(31)30-16-6-10-23(28)21(13-16)24-4-2-3-11-29-24/h2-14H,1H3,(H,30,31). The quantitative estimate of drug-likeness (QED) is 0.300. The Kier molecular flexibility index (Phi) is 6.96. The number of hydrogen-bond donors (Lipinski definition) is 1. The van der Waals surface area contributed by atoms with Crippen LogP contribution < -0.4 is 5.32 Å². The van der Waals surface area contributed by atoms with E-state index in [0.29, 0.717) is 43.1 Å². The molecule has 0 aliphatic carbocycles. The van der Waals surface area contributed by atoms with E-state index in [-0.39, 0.29) is 10.5 Å². The highest BCUT2D eigenvalue weighted by atomic mass is 35.5. The summed E-state index contributed by atoms with van der Waals surface area (Å²) < 4.78 is 24.3. The van der Waals surface area contributed by atoms with Crippen molar-refractivity contribution >= 4 is 56.2 Å². The Morgan fingerprint density at radius 3 is 2.26 bits per heavy atom. The van der Waals surface area contributed by atoms with Gasteiger partial charge < -0.3 is 5.32 Å². The van der Waals surface area contributed by atoms with Crippen LogP contribution >= 0.6 is 34.8 Å². The number of rotatable bonds is 5. The summed E-state index contributed by atoms with van der Waals surface area (Å²) in [5.74, 6) is -0.458. The SMILES string of the molecule is CS(=O)(=O)c1ccc(C(=O)Nc2ccc(Cl)c(-c3ccccn3)c2)c(-c2cc(Cl)ccc2Cl)c1. The molecule has 3 aromatic carbocycles. The van der Waals surface area contributed by atoms with Crippen LogP contribution in [0.1, 0.15) is 10.4 Å². The Bertz CT molecular complexity index is 1510. The lowest BCUT2D eigenvalue weighted by molar-refractivity contribution is 0.102. The Morgan fingerprint density at radius 1 is 0.824 bits per heavy atom. The van der Waals surface area contributed by atoms with Crippen LogP contribution in [0.25, 0.3) is 22.4 Å². The van der Waals surface area contributed by atoms with Gasteiger partial charge in [-0.15, -0.1) is 0 Å². The fraction of sp³-hybridized carbons (Fsp3) is 0.0400. The first-order valence-electron chi connectivity index (χ1n) is 9.95. The van der Waals surface area contributed by atoms with Crippen molar-refractivity contribution in [3.8, 4) is 22.4 Å². The number of benzene rings is 3. The zero-order valence-corrected chi connectivity index (χ0v) is 20.8. The minimum absolute atomic E-state index is 0.0547. The summed E-state index contributed by atoms with van der Waals surface area (Å²) in [4.78, 5) is 17.7. The number of carbonyl (C=O) groups is 1. The molecule has 0 aliphatic heterocycles. The van der Waals surface area contributed by atoms with Gasteiger partial charge in [0.1, 0.15) is 0 Å². The van der Waals surface area contributed by atoms with Gasteiger partial charge in [-0.3, -0.25) is 9.78 Å². The van der Waals surface area contributed by atoms with Crippen molar-refractivity contribution in [1.29, 1.82) is 0 Å². The molecule has 172 valence electrons. The van der Waals surface area contributed by atoms with Gasteiger partial charge in [-0.2, -0.15) is 0 Å². The predicted molar refractivity (Wildman–Crippen MR) is 138 cm³/mol. The van der Waals surface area contributed by atoms with Gasteiger partial charge in [-0.25, -0.2) is 8.42 Å². The van der Waals surface area contributed by atoms with E-state index in [4.69, 9.17) is 34.8 Å². The molecule has 1 heterocycles. The minimum Gasteiger partial charge on any atom is -0.322 e. The third-order valence-electron chi connectivity index (χ3n) is 5.05. The molecule has 0 aliphatic rings. The van der Waals surface area contributed by atoms with Crippen molar-refractivity contribution in [3.63, 3.8) is 0 Å². The summed E-state index contributed by atoms with van der Waals surface area (Å²) in [6.45, 7) is 0. The van der Waals surface area contributed by atoms with Gasteiger partial charge in [0.15, 0.2) is 9.84 Å². The fourth-order valence-electron chi connectivity index (χ4n) is 3.40. The number of carbonyl (C=O) groups excluding carboxylic acids is 1. The molecule has 4 rings (SSSR count). The molecule has 9 heteroatoms. The zero-order valence-electron chi connectivity index (χ0n) is 17.7. The van der Waals surface area contributed by atoms with Crippen LogP contribution in [0.3, 0.4) is 0 Å². The van der Waals surface area contributed by atoms with Crippen LogP contribution in [0.15, 0.2) is 83.9 Å². The summed E-state index contributed by atoms with van der Waals surface area (Å²) in [6, 6.07) is 19.6. The third-order valence-corrected chi connectivity index (χ3v) is 7.05. The first-order valence-corrected chi connectivity index (χ1v) is 13.0. The largest absolute Gasteiger partial charge is 0.322 e. The number of nitrogens with zero attached hydrogens (tertiary/aromatic N) is 1. The van der Waals surface area contributed by atoms with Crippen molar-refractivity contribution < 1.29 is 13.2 Å². The predicted octanol–water partition coefficient (Wildman–Crippen LogP) is 7.03. The molecule has 0 radical (unpaired) electrons. The van der Waals surface area contributed by atoms with Crippen LogP contribution in [-0.4, -0.2) is 25.6 Å². The first-order chi connectivity index (χ1) is 16.1. The zero-order chi connectivity index (χ0) is 24.5. The fourth-order valence-corrected chi connectivity index (χ4v) is 4.65. The molecule has 0 saturated carbocycles. The van der Waals surface area contributed by atoms with E-state index >= 15 is 0 Å².